The number of carbonyl (C=O) groups excluding carboxylic acids is 4. The van der Waals surface area contributed by atoms with Gasteiger partial charge in [0.25, 0.3) is 0 Å². The van der Waals surface area contributed by atoms with Crippen molar-refractivity contribution in [3.05, 3.63) is 0 Å². The molecule has 0 aromatic heterocycles. The molecule has 0 unspecified atom stereocenters. The van der Waals surface area contributed by atoms with Crippen LogP contribution in [-0.4, -0.2) is 77.1 Å². The van der Waals surface area contributed by atoms with E-state index in [9.17, 15) is 19.2 Å². The summed E-state index contributed by atoms with van der Waals surface area (Å²) in [5.41, 5.74) is -0.790. The Morgan fingerprint density at radius 3 is 2.00 bits per heavy atom. The number of hydrogen-bond acceptors (Lipinski definition) is 10. The van der Waals surface area contributed by atoms with E-state index in [1.165, 1.54) is 18.7 Å². The average molecular weight is 511 g/mol. The summed E-state index contributed by atoms with van der Waals surface area (Å²) in [5.74, 6) is -1.99. The van der Waals surface area contributed by atoms with E-state index in [1.807, 2.05) is 0 Å². The fraction of sp³-hybridized carbons (Fsp3) is 0.750. The lowest BCUT2D eigenvalue weighted by Crippen LogP contribution is -2.65. The van der Waals surface area contributed by atoms with E-state index >= 15 is 0 Å². The fourth-order valence-electron chi connectivity index (χ4n) is 2.58. The molecule has 1 amide bonds. The van der Waals surface area contributed by atoms with Crippen LogP contribution in [0.4, 0.5) is 4.79 Å². The van der Waals surface area contributed by atoms with Gasteiger partial charge in [0, 0.05) is 20.8 Å². The van der Waals surface area contributed by atoms with Crippen molar-refractivity contribution in [2.45, 2.75) is 54.4 Å². The molecule has 1 aliphatic heterocycles. The molecule has 1 aliphatic rings. The lowest BCUT2D eigenvalue weighted by molar-refractivity contribution is -0.211. The first-order valence-corrected chi connectivity index (χ1v) is 10.9. The third-order valence-electron chi connectivity index (χ3n) is 3.59. The molecule has 0 spiro atoms. The molecule has 0 bridgehead atoms. The summed E-state index contributed by atoms with van der Waals surface area (Å²) < 4.78 is 24.4. The standard InChI is InChI=1S/C16H22Cl3NO9S/c1-7(21)25-5-10-12(27-8(2)22)13(28-9(3)23)11(14(29-10)30-4)20-15(24)26-6-16(17,18)19/h10-14H,5-6H2,1-4H3,(H,20,24)/t10-,11-,12+,13-,14+/m1/s1. The SMILES string of the molecule is CS[C@@H]1O[C@H](COC(C)=O)[C@H](OC(C)=O)[C@H](OC(C)=O)[C@H]1NC(=O)OCC(Cl)(Cl)Cl. The van der Waals surface area contributed by atoms with E-state index in [4.69, 9.17) is 58.5 Å². The predicted molar refractivity (Wildman–Crippen MR) is 108 cm³/mol. The zero-order chi connectivity index (χ0) is 23.1. The highest BCUT2D eigenvalue weighted by Crippen LogP contribution is 2.32. The van der Waals surface area contributed by atoms with Crippen LogP contribution in [0.3, 0.4) is 0 Å². The van der Waals surface area contributed by atoms with Gasteiger partial charge in [-0.15, -0.1) is 11.8 Å². The molecule has 30 heavy (non-hydrogen) atoms. The van der Waals surface area contributed by atoms with Gasteiger partial charge in [0.05, 0.1) is 0 Å². The number of thioether (sulfide) groups is 1. The summed E-state index contributed by atoms with van der Waals surface area (Å²) in [5, 5.41) is 2.48. The number of nitrogens with one attached hydrogen (secondary N) is 1. The number of alkyl halides is 3. The van der Waals surface area contributed by atoms with Gasteiger partial charge in [0.1, 0.15) is 30.8 Å². The van der Waals surface area contributed by atoms with Crippen LogP contribution >= 0.6 is 46.6 Å². The Bertz CT molecular complexity index is 646. The van der Waals surface area contributed by atoms with Gasteiger partial charge in [-0.1, -0.05) is 34.8 Å². The number of amides is 1. The van der Waals surface area contributed by atoms with Gasteiger partial charge in [-0.3, -0.25) is 14.4 Å². The van der Waals surface area contributed by atoms with Gasteiger partial charge in [-0.2, -0.15) is 0 Å². The zero-order valence-electron chi connectivity index (χ0n) is 16.5. The summed E-state index contributed by atoms with van der Waals surface area (Å²) in [6, 6.07) is -1.01. The first kappa shape index (κ1) is 26.9. The molecule has 172 valence electrons. The number of halogens is 3. The van der Waals surface area contributed by atoms with Crippen molar-refractivity contribution in [3.8, 4) is 0 Å². The van der Waals surface area contributed by atoms with Crippen molar-refractivity contribution in [3.63, 3.8) is 0 Å². The molecule has 0 aliphatic carbocycles. The Morgan fingerprint density at radius 1 is 0.967 bits per heavy atom. The average Bonchev–Trinajstić information content (AvgIpc) is 2.60. The second kappa shape index (κ2) is 12.0. The summed E-state index contributed by atoms with van der Waals surface area (Å²) in [4.78, 5) is 46.7. The van der Waals surface area contributed by atoms with Gasteiger partial charge in [0.15, 0.2) is 12.2 Å². The van der Waals surface area contributed by atoms with Crippen LogP contribution in [0.1, 0.15) is 20.8 Å². The number of esters is 3. The van der Waals surface area contributed by atoms with Crippen molar-refractivity contribution in [1.82, 2.24) is 5.32 Å². The van der Waals surface area contributed by atoms with Crippen molar-refractivity contribution < 1.29 is 42.9 Å². The van der Waals surface area contributed by atoms with Gasteiger partial charge in [-0.25, -0.2) is 4.79 Å². The number of hydrogen-bond donors (Lipinski definition) is 1. The minimum absolute atomic E-state index is 0.271. The van der Waals surface area contributed by atoms with Crippen molar-refractivity contribution in [1.29, 1.82) is 0 Å². The van der Waals surface area contributed by atoms with E-state index in [-0.39, 0.29) is 6.61 Å². The van der Waals surface area contributed by atoms with Crippen LogP contribution < -0.4 is 5.32 Å². The summed E-state index contributed by atoms with van der Waals surface area (Å²) in [6.45, 7) is 2.68. The van der Waals surface area contributed by atoms with Crippen LogP contribution in [0.2, 0.25) is 0 Å². The van der Waals surface area contributed by atoms with E-state index in [2.05, 4.69) is 5.32 Å². The van der Waals surface area contributed by atoms with E-state index in [0.717, 1.165) is 13.8 Å². The van der Waals surface area contributed by atoms with Gasteiger partial charge in [0.2, 0.25) is 3.79 Å². The molecule has 1 heterocycles. The summed E-state index contributed by atoms with van der Waals surface area (Å²) in [7, 11) is 0. The molecule has 10 nitrogen and oxygen atoms in total. The van der Waals surface area contributed by atoms with Crippen LogP contribution in [0.15, 0.2) is 0 Å². The maximum Gasteiger partial charge on any atom is 0.407 e. The Labute approximate surface area is 192 Å². The zero-order valence-corrected chi connectivity index (χ0v) is 19.6. The maximum atomic E-state index is 12.2. The number of carbonyl (C=O) groups is 4. The molecule has 0 radical (unpaired) electrons. The molecule has 1 N–H and O–H groups in total. The van der Waals surface area contributed by atoms with Crippen LogP contribution in [0, 0.1) is 0 Å². The number of rotatable bonds is 7. The molecule has 5 atom stereocenters. The Hall–Kier alpha value is -1.14. The smallest absolute Gasteiger partial charge is 0.407 e. The van der Waals surface area contributed by atoms with Gasteiger partial charge >= 0.3 is 24.0 Å². The van der Waals surface area contributed by atoms with E-state index in [0.29, 0.717) is 0 Å². The number of alkyl carbamates (subject to hydrolysis) is 1. The third-order valence-corrected chi connectivity index (χ3v) is 4.78. The lowest BCUT2D eigenvalue weighted by atomic mass is 9.97. The monoisotopic (exact) mass is 509 g/mol. The number of ether oxygens (including phenoxy) is 5. The normalized spacial score (nSPS) is 26.3. The van der Waals surface area contributed by atoms with Crippen molar-refractivity contribution in [2.24, 2.45) is 0 Å². The molecule has 14 heteroatoms. The van der Waals surface area contributed by atoms with Crippen LogP contribution in [-0.2, 0) is 38.1 Å². The van der Waals surface area contributed by atoms with Crippen molar-refractivity contribution in [2.75, 3.05) is 19.5 Å². The molecule has 1 fully saturated rings. The minimum Gasteiger partial charge on any atom is -0.463 e. The molecule has 0 saturated carbocycles. The van der Waals surface area contributed by atoms with Crippen LogP contribution in [0.25, 0.3) is 0 Å². The molecule has 1 rings (SSSR count). The lowest BCUT2D eigenvalue weighted by Gasteiger charge is -2.44. The molecule has 0 aromatic carbocycles. The summed E-state index contributed by atoms with van der Waals surface area (Å²) in [6.07, 6.45) is -2.64. The van der Waals surface area contributed by atoms with E-state index < -0.39 is 64.2 Å². The Balaban J connectivity index is 3.15. The highest BCUT2D eigenvalue weighted by atomic mass is 35.6. The van der Waals surface area contributed by atoms with Gasteiger partial charge < -0.3 is 29.0 Å². The Kier molecular flexibility index (Phi) is 10.8. The molecule has 0 aromatic rings. The van der Waals surface area contributed by atoms with Crippen LogP contribution in [0.5, 0.6) is 0 Å². The quantitative estimate of drug-likeness (QED) is 0.308. The van der Waals surface area contributed by atoms with Gasteiger partial charge in [-0.05, 0) is 6.26 Å². The second-order valence-electron chi connectivity index (χ2n) is 6.09. The topological polar surface area (TPSA) is 126 Å². The molecule has 1 saturated heterocycles. The summed E-state index contributed by atoms with van der Waals surface area (Å²) >= 11 is 17.9. The predicted octanol–water partition coefficient (Wildman–Crippen LogP) is 1.97. The maximum absolute atomic E-state index is 12.2. The van der Waals surface area contributed by atoms with E-state index in [1.54, 1.807) is 6.26 Å². The second-order valence-corrected chi connectivity index (χ2v) is 9.54. The molecular weight excluding hydrogens is 489 g/mol. The highest BCUT2D eigenvalue weighted by molar-refractivity contribution is 7.99. The Morgan fingerprint density at radius 2 is 1.53 bits per heavy atom. The largest absolute Gasteiger partial charge is 0.463 e. The first-order chi connectivity index (χ1) is 13.8. The first-order valence-electron chi connectivity index (χ1n) is 8.50. The highest BCUT2D eigenvalue weighted by Gasteiger charge is 2.51. The van der Waals surface area contributed by atoms with Crippen molar-refractivity contribution >= 4 is 70.6 Å². The fourth-order valence-corrected chi connectivity index (χ4v) is 3.52. The molecular formula is C16H22Cl3NO9S. The minimum atomic E-state index is -1.83. The third kappa shape index (κ3) is 9.34.